The first-order valence-corrected chi connectivity index (χ1v) is 5.17. The molecule has 0 radical (unpaired) electrons. The third kappa shape index (κ3) is 2.96. The average Bonchev–Trinajstić information content (AvgIpc) is 1.93. The Morgan fingerprint density at radius 1 is 1.00 bits per heavy atom. The molecule has 0 aromatic carbocycles. The van der Waals surface area contributed by atoms with Gasteiger partial charge in [0.05, 0.1) is 12.2 Å². The van der Waals surface area contributed by atoms with Gasteiger partial charge in [-0.15, -0.1) is 0 Å². The summed E-state index contributed by atoms with van der Waals surface area (Å²) >= 11 is -0.798. The summed E-state index contributed by atoms with van der Waals surface area (Å²) in [7, 11) is 0. The second kappa shape index (κ2) is 5.18. The zero-order valence-electron chi connectivity index (χ0n) is 5.51. The first-order valence-electron chi connectivity index (χ1n) is 3.35. The number of hydrogen-bond acceptors (Lipinski definition) is 4. The van der Waals surface area contributed by atoms with Crippen LogP contribution in [0.3, 0.4) is 0 Å². The summed E-state index contributed by atoms with van der Waals surface area (Å²) in [5.74, 6) is 0. The summed E-state index contributed by atoms with van der Waals surface area (Å²) in [5, 5.41) is 36.4. The van der Waals surface area contributed by atoms with Gasteiger partial charge < -0.3 is 20.4 Å². The topological polar surface area (TPSA) is 80.9 Å². The second-order valence-corrected chi connectivity index (χ2v) is 4.68. The molecule has 0 spiro atoms. The van der Waals surface area contributed by atoms with Gasteiger partial charge in [-0.25, -0.2) is 0 Å². The molecule has 4 atom stereocenters. The molecule has 0 aromatic heterocycles. The summed E-state index contributed by atoms with van der Waals surface area (Å²) in [4.78, 5) is -0.751. The van der Waals surface area contributed by atoms with Crippen molar-refractivity contribution >= 4 is 44.8 Å². The molecule has 4 unspecified atom stereocenters. The molecule has 60 valence electrons. The molecule has 6 heteroatoms. The van der Waals surface area contributed by atoms with Gasteiger partial charge in [0.1, 0.15) is 6.10 Å². The van der Waals surface area contributed by atoms with Crippen molar-refractivity contribution in [3.63, 3.8) is 0 Å². The standard InChI is InChI=1S/C5H10O4.Al.Na.2H/c1-3(7)5(9)4(8)2-6;;;;/h2-9H,1H2;;;;. The van der Waals surface area contributed by atoms with E-state index >= 15 is 0 Å². The molecule has 0 amide bonds. The fourth-order valence-corrected chi connectivity index (χ4v) is 2.78. The van der Waals surface area contributed by atoms with Crippen LogP contribution in [0.15, 0.2) is 0 Å². The Hall–Kier alpha value is 1.37. The van der Waals surface area contributed by atoms with Gasteiger partial charge in [0, 0.05) is 4.97 Å². The fraction of sp³-hybridized carbons (Fsp3) is 1.00. The van der Waals surface area contributed by atoms with Crippen LogP contribution in [0, 0.1) is 0 Å². The van der Waals surface area contributed by atoms with E-state index in [4.69, 9.17) is 20.4 Å². The molecule has 1 aliphatic rings. The van der Waals surface area contributed by atoms with Gasteiger partial charge in [-0.2, -0.15) is 0 Å². The van der Waals surface area contributed by atoms with E-state index in [0.29, 0.717) is 5.28 Å². The van der Waals surface area contributed by atoms with Gasteiger partial charge in [-0.3, -0.25) is 0 Å². The van der Waals surface area contributed by atoms with Crippen LogP contribution in [0.1, 0.15) is 0 Å². The van der Waals surface area contributed by atoms with E-state index in [0.717, 1.165) is 0 Å². The predicted octanol–water partition coefficient (Wildman–Crippen LogP) is -3.39. The van der Waals surface area contributed by atoms with Gasteiger partial charge in [-0.1, -0.05) is 5.28 Å². The second-order valence-electron chi connectivity index (χ2n) is 2.69. The van der Waals surface area contributed by atoms with Crippen LogP contribution in [0.2, 0.25) is 5.28 Å². The molecule has 0 saturated carbocycles. The molecular weight excluding hydrogens is 174 g/mol. The Bertz CT molecular complexity index is 111. The van der Waals surface area contributed by atoms with Crippen molar-refractivity contribution < 1.29 is 20.4 Å². The molecule has 1 aliphatic heterocycles. The van der Waals surface area contributed by atoms with Crippen molar-refractivity contribution in [2.24, 2.45) is 0 Å². The quantitative estimate of drug-likeness (QED) is 0.297. The van der Waals surface area contributed by atoms with Crippen molar-refractivity contribution in [3.8, 4) is 0 Å². The van der Waals surface area contributed by atoms with E-state index in [1.165, 1.54) is 0 Å². The van der Waals surface area contributed by atoms with Crippen LogP contribution < -0.4 is 0 Å². The molecule has 0 aliphatic carbocycles. The number of aliphatic hydroxyl groups excluding tert-OH is 4. The van der Waals surface area contributed by atoms with Crippen molar-refractivity contribution in [3.05, 3.63) is 0 Å². The van der Waals surface area contributed by atoms with E-state index in [2.05, 4.69) is 0 Å². The molecule has 4 N–H and O–H groups in total. The first kappa shape index (κ1) is 12.4. The SMILES string of the molecule is OC1[CH2][AlH][CH](O)C(O)C1O.[NaH]. The van der Waals surface area contributed by atoms with Crippen molar-refractivity contribution in [2.75, 3.05) is 0 Å². The fourth-order valence-electron chi connectivity index (χ4n) is 1.14. The maximum absolute atomic E-state index is 9.01. The Labute approximate surface area is 93.2 Å². The van der Waals surface area contributed by atoms with Gasteiger partial charge in [0.2, 0.25) is 0 Å². The summed E-state index contributed by atoms with van der Waals surface area (Å²) in [5.41, 5.74) is 0. The van der Waals surface area contributed by atoms with Gasteiger partial charge in [0.25, 0.3) is 15.2 Å². The van der Waals surface area contributed by atoms with Gasteiger partial charge in [0.15, 0.2) is 0 Å². The minimum atomic E-state index is -1.16. The zero-order chi connectivity index (χ0) is 7.72. The first-order chi connectivity index (χ1) is 4.63. The molecule has 1 rings (SSSR count). The van der Waals surface area contributed by atoms with Crippen LogP contribution in [-0.4, -0.2) is 88.5 Å². The van der Waals surface area contributed by atoms with Crippen molar-refractivity contribution in [1.82, 2.24) is 0 Å². The normalized spacial score (nSPS) is 44.0. The molecule has 4 nitrogen and oxygen atoms in total. The minimum absolute atomic E-state index is 0. The van der Waals surface area contributed by atoms with E-state index < -0.39 is 38.5 Å². The van der Waals surface area contributed by atoms with Gasteiger partial charge in [-0.05, 0) is 0 Å². The third-order valence-corrected chi connectivity index (χ3v) is 3.90. The monoisotopic (exact) mass is 186 g/mol. The van der Waals surface area contributed by atoms with E-state index in [1.807, 2.05) is 0 Å². The molecule has 1 fully saturated rings. The Balaban J connectivity index is 0.000001000. The van der Waals surface area contributed by atoms with Crippen LogP contribution in [0.25, 0.3) is 0 Å². The summed E-state index contributed by atoms with van der Waals surface area (Å²) in [6.07, 6.45) is -3.11. The van der Waals surface area contributed by atoms with E-state index in [-0.39, 0.29) is 29.6 Å². The average molecular weight is 186 g/mol. The molecule has 1 heterocycles. The van der Waals surface area contributed by atoms with Gasteiger partial charge >= 0.3 is 29.6 Å². The van der Waals surface area contributed by atoms with E-state index in [1.54, 1.807) is 0 Å². The molecule has 11 heavy (non-hydrogen) atoms. The number of rotatable bonds is 0. The van der Waals surface area contributed by atoms with Crippen molar-refractivity contribution in [1.29, 1.82) is 0 Å². The van der Waals surface area contributed by atoms with Crippen molar-refractivity contribution in [2.45, 2.75) is 28.6 Å². The predicted molar refractivity (Wildman–Crippen MR) is 43.1 cm³/mol. The van der Waals surface area contributed by atoms with E-state index in [9.17, 15) is 0 Å². The van der Waals surface area contributed by atoms with Crippen LogP contribution in [-0.2, 0) is 0 Å². The maximum atomic E-state index is 9.01. The van der Waals surface area contributed by atoms with Crippen LogP contribution >= 0.6 is 0 Å². The summed E-state index contributed by atoms with van der Waals surface area (Å²) < 4.78 is 0. The summed E-state index contributed by atoms with van der Waals surface area (Å²) in [6, 6.07) is 0. The van der Waals surface area contributed by atoms with Crippen LogP contribution in [0.5, 0.6) is 0 Å². The van der Waals surface area contributed by atoms with Crippen LogP contribution in [0.4, 0.5) is 0 Å². The zero-order valence-corrected chi connectivity index (χ0v) is 6.93. The molecule has 0 bridgehead atoms. The molecular formula is C5H12AlNaO4. The Morgan fingerprint density at radius 2 is 1.55 bits per heavy atom. The number of aliphatic hydroxyl groups is 4. The molecule has 1 saturated heterocycles. The third-order valence-electron chi connectivity index (χ3n) is 1.90. The Kier molecular flexibility index (Phi) is 5.82. The number of hydrogen-bond donors (Lipinski definition) is 4. The molecule has 0 aromatic rings. The summed E-state index contributed by atoms with van der Waals surface area (Å²) in [6.45, 7) is 0. The Morgan fingerprint density at radius 3 is 2.00 bits per heavy atom.